The van der Waals surface area contributed by atoms with Crippen LogP contribution in [0.4, 0.5) is 4.39 Å². The Labute approximate surface area is 113 Å². The first-order valence-corrected chi connectivity index (χ1v) is 6.25. The summed E-state index contributed by atoms with van der Waals surface area (Å²) in [5.41, 5.74) is 9.25. The molecule has 0 amide bonds. The van der Waals surface area contributed by atoms with Crippen molar-refractivity contribution < 1.29 is 9.13 Å². The second-order valence-electron chi connectivity index (χ2n) is 4.62. The van der Waals surface area contributed by atoms with E-state index in [1.807, 2.05) is 31.2 Å². The van der Waals surface area contributed by atoms with E-state index in [0.29, 0.717) is 17.7 Å². The quantitative estimate of drug-likeness (QED) is 0.913. The molecule has 0 aliphatic rings. The molecule has 0 saturated heterocycles. The summed E-state index contributed by atoms with van der Waals surface area (Å²) in [5.74, 6) is 0.332. The molecular weight excluding hydrogens is 241 g/mol. The zero-order chi connectivity index (χ0) is 13.8. The lowest BCUT2D eigenvalue weighted by molar-refractivity contribution is 0.404. The number of ether oxygens (including phenoxy) is 1. The molecule has 1 atom stereocenters. The van der Waals surface area contributed by atoms with Gasteiger partial charge in [-0.15, -0.1) is 0 Å². The Balaban J connectivity index is 2.27. The normalized spacial score (nSPS) is 12.2. The van der Waals surface area contributed by atoms with Crippen LogP contribution in [0.15, 0.2) is 42.5 Å². The first-order chi connectivity index (χ1) is 9.11. The molecule has 0 bridgehead atoms. The highest BCUT2D eigenvalue weighted by molar-refractivity contribution is 5.38. The van der Waals surface area contributed by atoms with E-state index in [9.17, 15) is 4.39 Å². The Morgan fingerprint density at radius 1 is 1.21 bits per heavy atom. The molecule has 0 aromatic heterocycles. The summed E-state index contributed by atoms with van der Waals surface area (Å²) in [7, 11) is 1.57. The summed E-state index contributed by atoms with van der Waals surface area (Å²) in [6.07, 6.45) is 0.659. The Morgan fingerprint density at radius 3 is 2.63 bits per heavy atom. The first kappa shape index (κ1) is 13.6. The van der Waals surface area contributed by atoms with Crippen molar-refractivity contribution in [3.05, 3.63) is 65.0 Å². The fourth-order valence-electron chi connectivity index (χ4n) is 2.18. The standard InChI is InChI=1S/C16H18FNO/c1-11-5-3-4-6-12(11)9-15(18)14-10-13(17)7-8-16(14)19-2/h3-8,10,15H,9,18H2,1-2H3. The molecule has 0 aliphatic carbocycles. The minimum Gasteiger partial charge on any atom is -0.496 e. The molecule has 2 nitrogen and oxygen atoms in total. The van der Waals surface area contributed by atoms with E-state index in [0.717, 1.165) is 0 Å². The average Bonchev–Trinajstić information content (AvgIpc) is 2.41. The largest absolute Gasteiger partial charge is 0.496 e. The van der Waals surface area contributed by atoms with Gasteiger partial charge in [-0.05, 0) is 42.7 Å². The van der Waals surface area contributed by atoms with Crippen LogP contribution in [0, 0.1) is 12.7 Å². The topological polar surface area (TPSA) is 35.2 Å². The van der Waals surface area contributed by atoms with Crippen molar-refractivity contribution in [2.24, 2.45) is 5.73 Å². The summed E-state index contributed by atoms with van der Waals surface area (Å²) < 4.78 is 18.6. The van der Waals surface area contributed by atoms with Crippen LogP contribution in [0.3, 0.4) is 0 Å². The third kappa shape index (κ3) is 3.12. The Kier molecular flexibility index (Phi) is 4.17. The lowest BCUT2D eigenvalue weighted by Crippen LogP contribution is -2.15. The lowest BCUT2D eigenvalue weighted by atomic mass is 9.96. The van der Waals surface area contributed by atoms with Gasteiger partial charge in [-0.3, -0.25) is 0 Å². The minimum atomic E-state index is -0.295. The molecule has 3 heteroatoms. The minimum absolute atomic E-state index is 0.285. The van der Waals surface area contributed by atoms with Crippen LogP contribution in [-0.2, 0) is 6.42 Å². The number of aryl methyl sites for hydroxylation is 1. The van der Waals surface area contributed by atoms with E-state index in [-0.39, 0.29) is 11.9 Å². The van der Waals surface area contributed by atoms with Crippen molar-refractivity contribution in [2.45, 2.75) is 19.4 Å². The van der Waals surface area contributed by atoms with Gasteiger partial charge < -0.3 is 10.5 Å². The van der Waals surface area contributed by atoms with Gasteiger partial charge in [-0.1, -0.05) is 24.3 Å². The van der Waals surface area contributed by atoms with Crippen LogP contribution in [-0.4, -0.2) is 7.11 Å². The molecule has 2 N–H and O–H groups in total. The predicted octanol–water partition coefficient (Wildman–Crippen LogP) is 3.39. The zero-order valence-corrected chi connectivity index (χ0v) is 11.2. The molecule has 0 aliphatic heterocycles. The Bertz CT molecular complexity index is 568. The molecule has 0 heterocycles. The summed E-state index contributed by atoms with van der Waals surface area (Å²) in [4.78, 5) is 0. The van der Waals surface area contributed by atoms with Crippen molar-refractivity contribution in [3.63, 3.8) is 0 Å². The average molecular weight is 259 g/mol. The molecule has 100 valence electrons. The third-order valence-electron chi connectivity index (χ3n) is 3.29. The molecule has 2 rings (SSSR count). The van der Waals surface area contributed by atoms with E-state index in [2.05, 4.69) is 0 Å². The molecule has 0 radical (unpaired) electrons. The predicted molar refractivity (Wildman–Crippen MR) is 74.8 cm³/mol. The maximum Gasteiger partial charge on any atom is 0.123 e. The molecule has 0 fully saturated rings. The van der Waals surface area contributed by atoms with Crippen LogP contribution in [0.25, 0.3) is 0 Å². The first-order valence-electron chi connectivity index (χ1n) is 6.25. The monoisotopic (exact) mass is 259 g/mol. The fourth-order valence-corrected chi connectivity index (χ4v) is 2.18. The second-order valence-corrected chi connectivity index (χ2v) is 4.62. The van der Waals surface area contributed by atoms with Crippen molar-refractivity contribution in [2.75, 3.05) is 7.11 Å². The van der Waals surface area contributed by atoms with Gasteiger partial charge in [0.15, 0.2) is 0 Å². The highest BCUT2D eigenvalue weighted by Crippen LogP contribution is 2.27. The van der Waals surface area contributed by atoms with Gasteiger partial charge in [0.1, 0.15) is 11.6 Å². The van der Waals surface area contributed by atoms with E-state index in [1.54, 1.807) is 13.2 Å². The SMILES string of the molecule is COc1ccc(F)cc1C(N)Cc1ccccc1C. The molecule has 1 unspecified atom stereocenters. The van der Waals surface area contributed by atoms with Crippen molar-refractivity contribution in [3.8, 4) is 5.75 Å². The number of methoxy groups -OCH3 is 1. The zero-order valence-electron chi connectivity index (χ0n) is 11.2. The van der Waals surface area contributed by atoms with Crippen LogP contribution in [0.2, 0.25) is 0 Å². The number of nitrogens with two attached hydrogens (primary N) is 1. The van der Waals surface area contributed by atoms with E-state index < -0.39 is 0 Å². The third-order valence-corrected chi connectivity index (χ3v) is 3.29. The Morgan fingerprint density at radius 2 is 1.95 bits per heavy atom. The number of rotatable bonds is 4. The van der Waals surface area contributed by atoms with Crippen molar-refractivity contribution in [1.82, 2.24) is 0 Å². The molecule has 2 aromatic rings. The highest BCUT2D eigenvalue weighted by Gasteiger charge is 2.14. The molecule has 0 saturated carbocycles. The highest BCUT2D eigenvalue weighted by atomic mass is 19.1. The van der Waals surface area contributed by atoms with Crippen molar-refractivity contribution in [1.29, 1.82) is 0 Å². The number of halogens is 1. The molecule has 0 spiro atoms. The summed E-state index contributed by atoms with van der Waals surface area (Å²) in [6.45, 7) is 2.05. The van der Waals surface area contributed by atoms with Crippen LogP contribution < -0.4 is 10.5 Å². The lowest BCUT2D eigenvalue weighted by Gasteiger charge is -2.17. The Hall–Kier alpha value is -1.87. The summed E-state index contributed by atoms with van der Waals surface area (Å²) in [6, 6.07) is 12.2. The second kappa shape index (κ2) is 5.85. The number of hydrogen-bond donors (Lipinski definition) is 1. The van der Waals surface area contributed by atoms with Gasteiger partial charge in [0.25, 0.3) is 0 Å². The van der Waals surface area contributed by atoms with Gasteiger partial charge in [0, 0.05) is 11.6 Å². The van der Waals surface area contributed by atoms with Gasteiger partial charge in [-0.2, -0.15) is 0 Å². The van der Waals surface area contributed by atoms with Crippen molar-refractivity contribution >= 4 is 0 Å². The van der Waals surface area contributed by atoms with Gasteiger partial charge in [0.05, 0.1) is 7.11 Å². The molecule has 2 aromatic carbocycles. The van der Waals surface area contributed by atoms with Crippen LogP contribution >= 0.6 is 0 Å². The van der Waals surface area contributed by atoms with Crippen LogP contribution in [0.5, 0.6) is 5.75 Å². The number of hydrogen-bond acceptors (Lipinski definition) is 2. The number of benzene rings is 2. The van der Waals surface area contributed by atoms with E-state index in [1.165, 1.54) is 23.3 Å². The van der Waals surface area contributed by atoms with E-state index >= 15 is 0 Å². The molecule has 19 heavy (non-hydrogen) atoms. The van der Waals surface area contributed by atoms with Crippen LogP contribution in [0.1, 0.15) is 22.7 Å². The van der Waals surface area contributed by atoms with E-state index in [4.69, 9.17) is 10.5 Å². The molecular formula is C16H18FNO. The summed E-state index contributed by atoms with van der Waals surface area (Å²) in [5, 5.41) is 0. The maximum absolute atomic E-state index is 13.4. The van der Waals surface area contributed by atoms with Gasteiger partial charge in [0.2, 0.25) is 0 Å². The smallest absolute Gasteiger partial charge is 0.123 e. The maximum atomic E-state index is 13.4. The summed E-state index contributed by atoms with van der Waals surface area (Å²) >= 11 is 0. The van der Waals surface area contributed by atoms with Gasteiger partial charge in [-0.25, -0.2) is 4.39 Å². The fraction of sp³-hybridized carbons (Fsp3) is 0.250. The van der Waals surface area contributed by atoms with Gasteiger partial charge >= 0.3 is 0 Å².